The number of hydrogen-bond acceptors (Lipinski definition) is 7. The zero-order chi connectivity index (χ0) is 27.4. The van der Waals surface area contributed by atoms with Gasteiger partial charge in [-0.05, 0) is 61.7 Å². The van der Waals surface area contributed by atoms with Gasteiger partial charge in [-0.15, -0.1) is 5.06 Å². The Hall–Kier alpha value is -3.70. The Morgan fingerprint density at radius 2 is 1.97 bits per heavy atom. The highest BCUT2D eigenvalue weighted by atomic mass is 35.5. The van der Waals surface area contributed by atoms with Crippen molar-refractivity contribution >= 4 is 23.7 Å². The van der Waals surface area contributed by atoms with Crippen molar-refractivity contribution in [1.29, 1.82) is 0 Å². The lowest BCUT2D eigenvalue weighted by molar-refractivity contribution is -0.151. The molecular formula is C26H26ClF2N3O6. The Morgan fingerprint density at radius 1 is 1.18 bits per heavy atom. The van der Waals surface area contributed by atoms with Gasteiger partial charge in [0.05, 0.1) is 5.69 Å². The zero-order valence-corrected chi connectivity index (χ0v) is 21.5. The molecule has 1 N–H and O–H groups in total. The van der Waals surface area contributed by atoms with E-state index in [0.717, 1.165) is 17.5 Å². The topological polar surface area (TPSA) is 103 Å². The maximum atomic E-state index is 14.7. The number of aromatic nitrogens is 2. The first-order valence-corrected chi connectivity index (χ1v) is 12.3. The zero-order valence-electron chi connectivity index (χ0n) is 20.7. The Bertz CT molecular complexity index is 1350. The quantitative estimate of drug-likeness (QED) is 0.377. The molecule has 4 rings (SSSR count). The molecule has 0 amide bonds. The van der Waals surface area contributed by atoms with Crippen molar-refractivity contribution in [2.45, 2.75) is 39.3 Å². The van der Waals surface area contributed by atoms with Crippen LogP contribution < -0.4 is 4.74 Å². The summed E-state index contributed by atoms with van der Waals surface area (Å²) in [4.78, 5) is 29.3. The number of hydroxylamine groups is 2. The summed E-state index contributed by atoms with van der Waals surface area (Å²) in [5.41, 5.74) is 2.48. The van der Waals surface area contributed by atoms with E-state index in [1.807, 2.05) is 24.6 Å². The first kappa shape index (κ1) is 27.3. The summed E-state index contributed by atoms with van der Waals surface area (Å²) in [5.74, 6) is -3.09. The number of ether oxygens (including phenoxy) is 2. The molecule has 1 aliphatic rings. The van der Waals surface area contributed by atoms with Crippen LogP contribution in [-0.4, -0.2) is 51.8 Å². The van der Waals surface area contributed by atoms with Crippen LogP contribution in [0.2, 0.25) is 5.02 Å². The Balaban J connectivity index is 1.59. The number of halogens is 3. The van der Waals surface area contributed by atoms with Gasteiger partial charge in [0.25, 0.3) is 0 Å². The largest absolute Gasteiger partial charge is 0.527 e. The van der Waals surface area contributed by atoms with Crippen molar-refractivity contribution in [1.82, 2.24) is 14.8 Å². The van der Waals surface area contributed by atoms with Gasteiger partial charge in [0.1, 0.15) is 18.4 Å². The molecule has 1 aliphatic heterocycles. The van der Waals surface area contributed by atoms with Crippen molar-refractivity contribution in [2.75, 3.05) is 19.8 Å². The second kappa shape index (κ2) is 11.8. The highest BCUT2D eigenvalue weighted by Crippen LogP contribution is 2.41. The number of fused-ring (bicyclic) bond motifs is 1. The van der Waals surface area contributed by atoms with E-state index < -0.39 is 36.4 Å². The molecular weight excluding hydrogens is 524 g/mol. The van der Waals surface area contributed by atoms with E-state index in [9.17, 15) is 18.4 Å². The normalized spacial score (nSPS) is 15.1. The van der Waals surface area contributed by atoms with E-state index in [-0.39, 0.29) is 35.9 Å². The minimum absolute atomic E-state index is 0.000175. The molecule has 0 bridgehead atoms. The molecule has 1 aromatic heterocycles. The molecule has 2 heterocycles. The number of carboxylic acids is 1. The van der Waals surface area contributed by atoms with Crippen molar-refractivity contribution < 1.29 is 37.8 Å². The molecule has 0 spiro atoms. The fraction of sp³-hybridized carbons (Fsp3) is 0.346. The number of carboxylic acid groups (broad SMARTS) is 1. The minimum Gasteiger partial charge on any atom is -0.482 e. The van der Waals surface area contributed by atoms with E-state index in [1.165, 1.54) is 29.3 Å². The standard InChI is InChI=1S/C26H26ClF2N3O6/c1-3-31-17(12-15(2)30-31)9-11-36-26(35)38-32-10-8-18-19(5-6-21(28)24(18)29)25(32)20-13-16(27)4-7-22(20)37-14-23(33)34/h4-7,12-13,25H,3,8-11,14H2,1-2H3,(H,33,34)/t25-/m0/s1. The van der Waals surface area contributed by atoms with Crippen molar-refractivity contribution in [2.24, 2.45) is 0 Å². The van der Waals surface area contributed by atoms with Crippen LogP contribution in [0.25, 0.3) is 0 Å². The van der Waals surface area contributed by atoms with Gasteiger partial charge in [-0.1, -0.05) is 17.7 Å². The fourth-order valence-corrected chi connectivity index (χ4v) is 4.66. The van der Waals surface area contributed by atoms with Crippen LogP contribution in [0.3, 0.4) is 0 Å². The van der Waals surface area contributed by atoms with Gasteiger partial charge in [-0.3, -0.25) is 4.68 Å². The van der Waals surface area contributed by atoms with Crippen LogP contribution in [0.5, 0.6) is 5.75 Å². The molecule has 3 aromatic rings. The highest BCUT2D eigenvalue weighted by Gasteiger charge is 2.36. The number of aliphatic carboxylic acids is 1. The number of rotatable bonds is 9. The molecule has 9 nitrogen and oxygen atoms in total. The molecule has 2 aromatic carbocycles. The average Bonchev–Trinajstić information content (AvgIpc) is 3.24. The number of carbonyl (C=O) groups is 2. The predicted octanol–water partition coefficient (Wildman–Crippen LogP) is 4.86. The lowest BCUT2D eigenvalue weighted by Crippen LogP contribution is -2.39. The minimum atomic E-state index is -1.21. The monoisotopic (exact) mass is 549 g/mol. The summed E-state index contributed by atoms with van der Waals surface area (Å²) in [5, 5.41) is 15.0. The number of aryl methyl sites for hydroxylation is 2. The molecule has 0 saturated carbocycles. The second-order valence-electron chi connectivity index (χ2n) is 8.62. The van der Waals surface area contributed by atoms with Gasteiger partial charge in [0.15, 0.2) is 18.2 Å². The summed E-state index contributed by atoms with van der Waals surface area (Å²) in [6.07, 6.45) is -0.527. The smallest absolute Gasteiger partial charge is 0.482 e. The van der Waals surface area contributed by atoms with E-state index in [4.69, 9.17) is 31.0 Å². The van der Waals surface area contributed by atoms with Gasteiger partial charge in [-0.2, -0.15) is 5.10 Å². The molecule has 0 saturated heterocycles. The van der Waals surface area contributed by atoms with Crippen LogP contribution in [0.15, 0.2) is 36.4 Å². The molecule has 0 fully saturated rings. The first-order chi connectivity index (χ1) is 18.2. The third-order valence-corrected chi connectivity index (χ3v) is 6.30. The first-order valence-electron chi connectivity index (χ1n) is 11.9. The third-order valence-electron chi connectivity index (χ3n) is 6.07. The highest BCUT2D eigenvalue weighted by molar-refractivity contribution is 6.30. The summed E-state index contributed by atoms with van der Waals surface area (Å²) in [7, 11) is 0. The van der Waals surface area contributed by atoms with Crippen LogP contribution in [0.4, 0.5) is 13.6 Å². The Kier molecular flexibility index (Phi) is 8.48. The van der Waals surface area contributed by atoms with Gasteiger partial charge >= 0.3 is 12.1 Å². The van der Waals surface area contributed by atoms with Crippen LogP contribution in [-0.2, 0) is 33.8 Å². The number of carbonyl (C=O) groups excluding carboxylic acids is 1. The van der Waals surface area contributed by atoms with Crippen molar-refractivity contribution in [3.8, 4) is 5.75 Å². The van der Waals surface area contributed by atoms with E-state index in [2.05, 4.69) is 5.10 Å². The Labute approximate surface area is 222 Å². The maximum absolute atomic E-state index is 14.7. The summed E-state index contributed by atoms with van der Waals surface area (Å²) in [6.45, 7) is 3.88. The average molecular weight is 550 g/mol. The second-order valence-corrected chi connectivity index (χ2v) is 9.06. The SMILES string of the molecule is CCn1nc(C)cc1CCOC(=O)ON1CCc2c(ccc(F)c2F)[C@H]1c1cc(Cl)ccc1OCC(=O)O. The predicted molar refractivity (Wildman–Crippen MR) is 132 cm³/mol. The van der Waals surface area contributed by atoms with Gasteiger partial charge in [-0.25, -0.2) is 18.4 Å². The van der Waals surface area contributed by atoms with E-state index >= 15 is 0 Å². The van der Waals surface area contributed by atoms with Crippen LogP contribution in [0.1, 0.15) is 41.0 Å². The lowest BCUT2D eigenvalue weighted by Gasteiger charge is -2.36. The van der Waals surface area contributed by atoms with E-state index in [0.29, 0.717) is 24.1 Å². The van der Waals surface area contributed by atoms with Gasteiger partial charge < -0.3 is 19.4 Å². The molecule has 12 heteroatoms. The molecule has 0 aliphatic carbocycles. The molecule has 202 valence electrons. The van der Waals surface area contributed by atoms with Crippen LogP contribution >= 0.6 is 11.6 Å². The van der Waals surface area contributed by atoms with Gasteiger partial charge in [0, 0.05) is 35.8 Å². The van der Waals surface area contributed by atoms with Gasteiger partial charge in [0.2, 0.25) is 0 Å². The summed E-state index contributed by atoms with van der Waals surface area (Å²) < 4.78 is 41.3. The summed E-state index contributed by atoms with van der Waals surface area (Å²) >= 11 is 6.22. The number of benzene rings is 2. The van der Waals surface area contributed by atoms with Crippen molar-refractivity contribution in [3.05, 3.63) is 81.1 Å². The van der Waals surface area contributed by atoms with Crippen LogP contribution in [0, 0.1) is 18.6 Å². The molecule has 0 unspecified atom stereocenters. The lowest BCUT2D eigenvalue weighted by atomic mass is 9.88. The number of hydrogen-bond donors (Lipinski definition) is 1. The molecule has 38 heavy (non-hydrogen) atoms. The Morgan fingerprint density at radius 3 is 2.71 bits per heavy atom. The van der Waals surface area contributed by atoms with E-state index in [1.54, 1.807) is 0 Å². The summed E-state index contributed by atoms with van der Waals surface area (Å²) in [6, 6.07) is 7.74. The molecule has 0 radical (unpaired) electrons. The van der Waals surface area contributed by atoms with Crippen molar-refractivity contribution in [3.63, 3.8) is 0 Å². The molecule has 1 atom stereocenters. The fourth-order valence-electron chi connectivity index (χ4n) is 4.48. The maximum Gasteiger partial charge on any atom is 0.527 e. The third kappa shape index (κ3) is 6.05. The number of nitrogens with zero attached hydrogens (tertiary/aromatic N) is 3.